The predicted octanol–water partition coefficient (Wildman–Crippen LogP) is 2.32. The average Bonchev–Trinajstić information content (AvgIpc) is 2.41. The van der Waals surface area contributed by atoms with Crippen molar-refractivity contribution in [2.24, 2.45) is 5.73 Å². The van der Waals surface area contributed by atoms with Crippen molar-refractivity contribution in [1.29, 1.82) is 0 Å². The van der Waals surface area contributed by atoms with Gasteiger partial charge in [-0.15, -0.1) is 0 Å². The van der Waals surface area contributed by atoms with Crippen LogP contribution in [-0.4, -0.2) is 17.0 Å². The minimum Gasteiger partial charge on any atom is -0.329 e. The number of rotatable bonds is 3. The van der Waals surface area contributed by atoms with Gasteiger partial charge in [0.25, 0.3) is 0 Å². The molecule has 0 saturated carbocycles. The van der Waals surface area contributed by atoms with E-state index in [0.29, 0.717) is 12.4 Å². The van der Waals surface area contributed by atoms with Gasteiger partial charge in [-0.1, -0.05) is 12.1 Å². The van der Waals surface area contributed by atoms with E-state index in [-0.39, 0.29) is 0 Å². The van der Waals surface area contributed by atoms with Gasteiger partial charge in [-0.05, 0) is 37.1 Å². The van der Waals surface area contributed by atoms with E-state index in [0.717, 1.165) is 11.5 Å². The number of aryl methyl sites for hydroxylation is 2. The van der Waals surface area contributed by atoms with Gasteiger partial charge in [0, 0.05) is 18.9 Å². The molecule has 4 heteroatoms. The second-order valence-electron chi connectivity index (χ2n) is 4.38. The summed E-state index contributed by atoms with van der Waals surface area (Å²) >= 11 is 0. The number of nitrogens with two attached hydrogens (primary N) is 1. The molecule has 0 fully saturated rings. The Balaban J connectivity index is 2.40. The summed E-state index contributed by atoms with van der Waals surface area (Å²) < 4.78 is 0. The van der Waals surface area contributed by atoms with Crippen LogP contribution >= 0.6 is 0 Å². The summed E-state index contributed by atoms with van der Waals surface area (Å²) in [6.07, 6.45) is 1.74. The van der Waals surface area contributed by atoms with Gasteiger partial charge in [-0.2, -0.15) is 0 Å². The molecule has 0 amide bonds. The summed E-state index contributed by atoms with van der Waals surface area (Å²) in [4.78, 5) is 10.6. The lowest BCUT2D eigenvalue weighted by molar-refractivity contribution is 0.898. The highest BCUT2D eigenvalue weighted by molar-refractivity contribution is 5.63. The van der Waals surface area contributed by atoms with E-state index < -0.39 is 0 Å². The SMILES string of the molecule is Cc1ccc(C)c(N(C)c2ccnc(CN)n2)c1. The maximum atomic E-state index is 5.57. The van der Waals surface area contributed by atoms with Crippen LogP contribution in [0.3, 0.4) is 0 Å². The highest BCUT2D eigenvalue weighted by atomic mass is 15.2. The Morgan fingerprint density at radius 3 is 2.72 bits per heavy atom. The summed E-state index contributed by atoms with van der Waals surface area (Å²) in [5, 5.41) is 0. The third-order valence-corrected chi connectivity index (χ3v) is 2.94. The van der Waals surface area contributed by atoms with Gasteiger partial charge >= 0.3 is 0 Å². The Hall–Kier alpha value is -1.94. The van der Waals surface area contributed by atoms with Crippen molar-refractivity contribution in [1.82, 2.24) is 9.97 Å². The lowest BCUT2D eigenvalue weighted by Gasteiger charge is -2.21. The zero-order valence-corrected chi connectivity index (χ0v) is 11.0. The molecule has 18 heavy (non-hydrogen) atoms. The van der Waals surface area contributed by atoms with Crippen molar-refractivity contribution < 1.29 is 0 Å². The molecule has 0 bridgehead atoms. The van der Waals surface area contributed by atoms with Crippen LogP contribution in [-0.2, 0) is 6.54 Å². The maximum Gasteiger partial charge on any atom is 0.144 e. The van der Waals surface area contributed by atoms with Gasteiger partial charge in [-0.3, -0.25) is 0 Å². The summed E-state index contributed by atoms with van der Waals surface area (Å²) in [6, 6.07) is 8.27. The van der Waals surface area contributed by atoms with E-state index in [1.54, 1.807) is 6.20 Å². The number of benzene rings is 1. The van der Waals surface area contributed by atoms with E-state index in [2.05, 4.69) is 46.9 Å². The third-order valence-electron chi connectivity index (χ3n) is 2.94. The number of nitrogens with zero attached hydrogens (tertiary/aromatic N) is 3. The van der Waals surface area contributed by atoms with Gasteiger partial charge in [0.2, 0.25) is 0 Å². The van der Waals surface area contributed by atoms with Gasteiger partial charge in [-0.25, -0.2) is 9.97 Å². The Morgan fingerprint density at radius 2 is 2.00 bits per heavy atom. The maximum absolute atomic E-state index is 5.57. The fourth-order valence-electron chi connectivity index (χ4n) is 1.88. The van der Waals surface area contributed by atoms with Gasteiger partial charge in [0.15, 0.2) is 0 Å². The largest absolute Gasteiger partial charge is 0.329 e. The average molecular weight is 242 g/mol. The molecule has 2 aromatic rings. The molecule has 0 saturated heterocycles. The summed E-state index contributed by atoms with van der Waals surface area (Å²) in [7, 11) is 2.00. The van der Waals surface area contributed by atoms with Gasteiger partial charge < -0.3 is 10.6 Å². The molecule has 1 aromatic heterocycles. The van der Waals surface area contributed by atoms with Crippen molar-refractivity contribution in [3.8, 4) is 0 Å². The van der Waals surface area contributed by atoms with Crippen LogP contribution < -0.4 is 10.6 Å². The smallest absolute Gasteiger partial charge is 0.144 e. The molecule has 0 radical (unpaired) electrons. The molecule has 1 aromatic carbocycles. The molecular weight excluding hydrogens is 224 g/mol. The fourth-order valence-corrected chi connectivity index (χ4v) is 1.88. The Labute approximate surface area is 107 Å². The normalized spacial score (nSPS) is 10.4. The Bertz CT molecular complexity index is 551. The van der Waals surface area contributed by atoms with Crippen molar-refractivity contribution in [3.63, 3.8) is 0 Å². The minimum atomic E-state index is 0.356. The van der Waals surface area contributed by atoms with Crippen LogP contribution in [0.5, 0.6) is 0 Å². The van der Waals surface area contributed by atoms with Gasteiger partial charge in [0.1, 0.15) is 11.6 Å². The Morgan fingerprint density at radius 1 is 1.22 bits per heavy atom. The first-order valence-corrected chi connectivity index (χ1v) is 5.95. The van der Waals surface area contributed by atoms with E-state index in [9.17, 15) is 0 Å². The molecule has 4 nitrogen and oxygen atoms in total. The predicted molar refractivity (Wildman–Crippen MR) is 73.9 cm³/mol. The molecule has 0 spiro atoms. The molecule has 94 valence electrons. The molecule has 0 aliphatic rings. The second kappa shape index (κ2) is 5.14. The molecule has 1 heterocycles. The summed E-state index contributed by atoms with van der Waals surface area (Å²) in [5.41, 5.74) is 9.17. The molecular formula is C14H18N4. The highest BCUT2D eigenvalue weighted by Crippen LogP contribution is 2.26. The van der Waals surface area contributed by atoms with Crippen molar-refractivity contribution >= 4 is 11.5 Å². The quantitative estimate of drug-likeness (QED) is 0.897. The number of anilines is 2. The zero-order valence-electron chi connectivity index (χ0n) is 11.0. The molecule has 0 atom stereocenters. The number of hydrogen-bond donors (Lipinski definition) is 1. The van der Waals surface area contributed by atoms with E-state index in [1.807, 2.05) is 13.1 Å². The van der Waals surface area contributed by atoms with Crippen LogP contribution in [0.25, 0.3) is 0 Å². The lowest BCUT2D eigenvalue weighted by atomic mass is 10.1. The second-order valence-corrected chi connectivity index (χ2v) is 4.38. The topological polar surface area (TPSA) is 55.0 Å². The Kier molecular flexibility index (Phi) is 3.58. The van der Waals surface area contributed by atoms with E-state index >= 15 is 0 Å². The summed E-state index contributed by atoms with van der Waals surface area (Å²) in [5.74, 6) is 1.52. The lowest BCUT2D eigenvalue weighted by Crippen LogP contribution is -2.14. The molecule has 2 rings (SSSR count). The fraction of sp³-hybridized carbons (Fsp3) is 0.286. The van der Waals surface area contributed by atoms with Crippen LogP contribution in [0.1, 0.15) is 17.0 Å². The first-order valence-electron chi connectivity index (χ1n) is 5.95. The first kappa shape index (κ1) is 12.5. The number of aromatic nitrogens is 2. The first-order chi connectivity index (χ1) is 8.61. The van der Waals surface area contributed by atoms with Crippen molar-refractivity contribution in [2.45, 2.75) is 20.4 Å². The monoisotopic (exact) mass is 242 g/mol. The van der Waals surface area contributed by atoms with Crippen LogP contribution in [0.2, 0.25) is 0 Å². The number of hydrogen-bond acceptors (Lipinski definition) is 4. The molecule has 0 aliphatic heterocycles. The molecule has 0 aliphatic carbocycles. The van der Waals surface area contributed by atoms with Crippen molar-refractivity contribution in [3.05, 3.63) is 47.4 Å². The zero-order chi connectivity index (χ0) is 13.1. The molecule has 0 unspecified atom stereocenters. The van der Waals surface area contributed by atoms with Crippen LogP contribution in [0, 0.1) is 13.8 Å². The van der Waals surface area contributed by atoms with E-state index in [1.165, 1.54) is 11.1 Å². The van der Waals surface area contributed by atoms with Crippen LogP contribution in [0.4, 0.5) is 11.5 Å². The van der Waals surface area contributed by atoms with Crippen LogP contribution in [0.15, 0.2) is 30.5 Å². The van der Waals surface area contributed by atoms with E-state index in [4.69, 9.17) is 5.73 Å². The van der Waals surface area contributed by atoms with Gasteiger partial charge in [0.05, 0.1) is 6.54 Å². The highest BCUT2D eigenvalue weighted by Gasteiger charge is 2.09. The minimum absolute atomic E-state index is 0.356. The summed E-state index contributed by atoms with van der Waals surface area (Å²) in [6.45, 7) is 4.53. The third kappa shape index (κ3) is 2.49. The molecule has 2 N–H and O–H groups in total. The van der Waals surface area contributed by atoms with Crippen molar-refractivity contribution in [2.75, 3.05) is 11.9 Å². The standard InChI is InChI=1S/C14H18N4/c1-10-4-5-11(2)12(8-10)18(3)14-6-7-16-13(9-15)17-14/h4-8H,9,15H2,1-3H3.